The third-order valence-electron chi connectivity index (χ3n) is 9.18. The average molecular weight is 748 g/mol. The molecule has 4 aromatic rings. The van der Waals surface area contributed by atoms with E-state index in [1.54, 1.807) is 13.8 Å². The minimum atomic E-state index is -4.14. The van der Waals surface area contributed by atoms with Crippen LogP contribution in [0.4, 0.5) is 10.5 Å². The maximum atomic E-state index is 14.2. The number of aliphatic hydroxyl groups excluding tert-OH is 1. The fourth-order valence-corrected chi connectivity index (χ4v) is 8.38. The van der Waals surface area contributed by atoms with Crippen LogP contribution < -0.4 is 11.1 Å². The van der Waals surface area contributed by atoms with Crippen molar-refractivity contribution in [3.05, 3.63) is 107 Å². The highest BCUT2D eigenvalue weighted by atomic mass is 35.5. The van der Waals surface area contributed by atoms with Crippen molar-refractivity contribution >= 4 is 55.9 Å². The molecule has 11 nitrogen and oxygen atoms in total. The average Bonchev–Trinajstić information content (AvgIpc) is 3.36. The molecular formula is C39H46ClN5O6S. The van der Waals surface area contributed by atoms with Crippen molar-refractivity contribution in [3.8, 4) is 0 Å². The van der Waals surface area contributed by atoms with Gasteiger partial charge in [0.2, 0.25) is 15.9 Å². The van der Waals surface area contributed by atoms with Crippen molar-refractivity contribution in [1.29, 1.82) is 0 Å². The Kier molecular flexibility index (Phi) is 12.3. The molecule has 0 aliphatic carbocycles. The lowest BCUT2D eigenvalue weighted by Crippen LogP contribution is -2.57. The summed E-state index contributed by atoms with van der Waals surface area (Å²) >= 11 is 6.06. The van der Waals surface area contributed by atoms with Gasteiger partial charge in [0.05, 0.1) is 34.3 Å². The van der Waals surface area contributed by atoms with Gasteiger partial charge in [0, 0.05) is 13.1 Å². The van der Waals surface area contributed by atoms with E-state index in [2.05, 4.69) is 5.32 Å². The van der Waals surface area contributed by atoms with Gasteiger partial charge in [-0.05, 0) is 58.4 Å². The number of nitrogens with one attached hydrogen (secondary N) is 1. The summed E-state index contributed by atoms with van der Waals surface area (Å²) in [6, 6.07) is 24.1. The van der Waals surface area contributed by atoms with Crippen LogP contribution in [0.1, 0.15) is 38.8 Å². The molecule has 0 bridgehead atoms. The highest BCUT2D eigenvalue weighted by Gasteiger charge is 2.44. The number of carbonyl (C=O) groups excluding carboxylic acids is 3. The quantitative estimate of drug-likeness (QED) is 0.110. The van der Waals surface area contributed by atoms with Crippen LogP contribution in [0.3, 0.4) is 0 Å². The Bertz CT molecular complexity index is 2020. The third kappa shape index (κ3) is 8.75. The number of halogens is 1. The fourth-order valence-electron chi connectivity index (χ4n) is 6.60. The molecular weight excluding hydrogens is 702 g/mol. The number of amides is 4. The zero-order valence-corrected chi connectivity index (χ0v) is 31.3. The second-order valence-corrected chi connectivity index (χ2v) is 16.3. The van der Waals surface area contributed by atoms with Gasteiger partial charge >= 0.3 is 6.03 Å². The predicted molar refractivity (Wildman–Crippen MR) is 203 cm³/mol. The topological polar surface area (TPSA) is 153 Å². The van der Waals surface area contributed by atoms with Crippen LogP contribution in [0, 0.1) is 11.8 Å². The monoisotopic (exact) mass is 747 g/mol. The van der Waals surface area contributed by atoms with E-state index in [1.807, 2.05) is 86.6 Å². The predicted octanol–water partition coefficient (Wildman–Crippen LogP) is 5.30. The second kappa shape index (κ2) is 16.5. The summed E-state index contributed by atoms with van der Waals surface area (Å²) in [5.74, 6) is -1.49. The number of nitrogens with zero attached hydrogens (tertiary/aromatic N) is 3. The van der Waals surface area contributed by atoms with E-state index >= 15 is 0 Å². The van der Waals surface area contributed by atoms with E-state index < -0.39 is 52.0 Å². The number of imide groups is 1. The maximum Gasteiger partial charge on any atom is 0.328 e. The molecule has 4 aromatic carbocycles. The first-order valence-corrected chi connectivity index (χ1v) is 19.1. The van der Waals surface area contributed by atoms with E-state index in [1.165, 1.54) is 32.3 Å². The summed E-state index contributed by atoms with van der Waals surface area (Å²) in [5.41, 5.74) is 7.64. The summed E-state index contributed by atoms with van der Waals surface area (Å²) in [5, 5.41) is 16.8. The number of nitrogens with two attached hydrogens (primary N) is 1. The zero-order chi connectivity index (χ0) is 37.7. The maximum absolute atomic E-state index is 14.2. The molecule has 0 aromatic heterocycles. The number of rotatable bonds is 15. The minimum Gasteiger partial charge on any atom is -0.397 e. The van der Waals surface area contributed by atoms with Gasteiger partial charge in [0.1, 0.15) is 12.6 Å². The number of hydrogen-bond acceptors (Lipinski definition) is 7. The van der Waals surface area contributed by atoms with E-state index in [0.717, 1.165) is 21.9 Å². The van der Waals surface area contributed by atoms with Gasteiger partial charge < -0.3 is 21.1 Å². The minimum absolute atomic E-state index is 0.0523. The number of nitrogen functional groups attached to an aromatic ring is 1. The lowest BCUT2D eigenvalue weighted by atomic mass is 9.97. The van der Waals surface area contributed by atoms with Crippen LogP contribution in [-0.2, 0) is 32.6 Å². The number of fused-ring (bicyclic) bond motifs is 1. The summed E-state index contributed by atoms with van der Waals surface area (Å²) in [6.07, 6.45) is -1.20. The van der Waals surface area contributed by atoms with Crippen molar-refractivity contribution in [2.75, 3.05) is 25.4 Å². The Morgan fingerprint density at radius 3 is 2.29 bits per heavy atom. The Balaban J connectivity index is 1.40. The molecule has 1 saturated heterocycles. The van der Waals surface area contributed by atoms with Crippen LogP contribution in [0.5, 0.6) is 0 Å². The van der Waals surface area contributed by atoms with Crippen LogP contribution in [0.25, 0.3) is 10.8 Å². The van der Waals surface area contributed by atoms with Gasteiger partial charge in [-0.15, -0.1) is 0 Å². The molecule has 276 valence electrons. The number of benzene rings is 4. The lowest BCUT2D eigenvalue weighted by Gasteiger charge is -2.34. The first-order valence-electron chi connectivity index (χ1n) is 17.3. The van der Waals surface area contributed by atoms with Crippen LogP contribution in [0.15, 0.2) is 95.9 Å². The Morgan fingerprint density at radius 2 is 1.62 bits per heavy atom. The van der Waals surface area contributed by atoms with Gasteiger partial charge in [-0.2, -0.15) is 4.31 Å². The number of urea groups is 1. The zero-order valence-electron chi connectivity index (χ0n) is 29.8. The lowest BCUT2D eigenvalue weighted by molar-refractivity contribution is -0.129. The molecule has 13 heteroatoms. The fraction of sp³-hybridized carbons (Fsp3) is 0.359. The first kappa shape index (κ1) is 38.7. The molecule has 52 heavy (non-hydrogen) atoms. The molecule has 5 rings (SSSR count). The molecule has 0 radical (unpaired) electrons. The molecule has 1 fully saturated rings. The van der Waals surface area contributed by atoms with Gasteiger partial charge in [-0.3, -0.25) is 14.5 Å². The van der Waals surface area contributed by atoms with E-state index in [-0.39, 0.29) is 54.1 Å². The highest BCUT2D eigenvalue weighted by Crippen LogP contribution is 2.27. The SMILES string of the molecule is CC(C)CN(C[C@@H](O)[C@H](Cc1ccccc1)NC(=O)C(C(C)C)N1CC(=O)N(Cc2cccc3ccccc23)C1=O)S(=O)(=O)c1ccc(Cl)c(N)c1. The molecule has 1 aliphatic rings. The summed E-state index contributed by atoms with van der Waals surface area (Å²) in [4.78, 5) is 43.8. The van der Waals surface area contributed by atoms with E-state index in [4.69, 9.17) is 17.3 Å². The number of hydrogen-bond donors (Lipinski definition) is 3. The standard InChI is InChI=1S/C39H46ClN5O6S/c1-25(2)21-43(52(50,51)30-17-18-32(40)33(41)20-30)23-35(46)34(19-27-11-6-5-7-12-27)42-38(48)37(26(3)4)45-24-36(47)44(39(45)49)22-29-15-10-14-28-13-8-9-16-31(28)29/h5-18,20,25-26,34-35,37,46H,19,21-24,41H2,1-4H3,(H,42,48)/t34-,35+,37?/m0/s1. The van der Waals surface area contributed by atoms with Gasteiger partial charge in [-0.25, -0.2) is 13.2 Å². The molecule has 1 aliphatic heterocycles. The van der Waals surface area contributed by atoms with Crippen molar-refractivity contribution in [2.45, 2.75) is 63.7 Å². The normalized spacial score (nSPS) is 15.6. The molecule has 3 atom stereocenters. The number of carbonyl (C=O) groups is 3. The van der Waals surface area contributed by atoms with Crippen LogP contribution >= 0.6 is 11.6 Å². The Hall–Kier alpha value is -4.49. The number of sulfonamides is 1. The molecule has 1 heterocycles. The number of anilines is 1. The van der Waals surface area contributed by atoms with E-state index in [0.29, 0.717) is 0 Å². The van der Waals surface area contributed by atoms with Crippen molar-refractivity contribution in [1.82, 2.24) is 19.4 Å². The summed E-state index contributed by atoms with van der Waals surface area (Å²) in [6.45, 7) is 6.80. The van der Waals surface area contributed by atoms with Gasteiger partial charge in [0.15, 0.2) is 0 Å². The second-order valence-electron chi connectivity index (χ2n) is 14.0. The molecule has 1 unspecified atom stereocenters. The van der Waals surface area contributed by atoms with Gasteiger partial charge in [-0.1, -0.05) is 112 Å². The molecule has 4 amide bonds. The third-order valence-corrected chi connectivity index (χ3v) is 11.4. The van der Waals surface area contributed by atoms with E-state index in [9.17, 15) is 27.9 Å². The molecule has 0 saturated carbocycles. The molecule has 4 N–H and O–H groups in total. The highest BCUT2D eigenvalue weighted by molar-refractivity contribution is 7.89. The first-order chi connectivity index (χ1) is 24.7. The van der Waals surface area contributed by atoms with Crippen LogP contribution in [0.2, 0.25) is 5.02 Å². The van der Waals surface area contributed by atoms with Gasteiger partial charge in [0.25, 0.3) is 5.91 Å². The Labute approximate surface area is 310 Å². The smallest absolute Gasteiger partial charge is 0.328 e. The van der Waals surface area contributed by atoms with Crippen LogP contribution in [-0.4, -0.2) is 83.3 Å². The Morgan fingerprint density at radius 1 is 0.942 bits per heavy atom. The molecule has 0 spiro atoms. The summed E-state index contributed by atoms with van der Waals surface area (Å²) < 4.78 is 29.0. The van der Waals surface area contributed by atoms with Crippen molar-refractivity contribution < 1.29 is 27.9 Å². The van der Waals surface area contributed by atoms with Crippen molar-refractivity contribution in [2.24, 2.45) is 11.8 Å². The number of aliphatic hydroxyl groups is 1. The summed E-state index contributed by atoms with van der Waals surface area (Å²) in [7, 11) is -4.14. The van der Waals surface area contributed by atoms with Crippen molar-refractivity contribution in [3.63, 3.8) is 0 Å². The largest absolute Gasteiger partial charge is 0.397 e.